The third-order valence-electron chi connectivity index (χ3n) is 4.81. The average molecular weight is 384 g/mol. The minimum Gasteiger partial charge on any atom is -0.481 e. The quantitative estimate of drug-likeness (QED) is 0.572. The number of carboxylic acids is 1. The van der Waals surface area contributed by atoms with Gasteiger partial charge in [0.2, 0.25) is 0 Å². The molecule has 0 heterocycles. The lowest BCUT2D eigenvalue weighted by Crippen LogP contribution is -2.33. The standard InChI is InChI=1S/C18H16N4O6/c23-17(24)18(12-4-2-1-3-5-12)9-8-13(11-18)19-20-15-7-6-14(21(25)26)10-16(15)22(27)28/h1-7,10,20H,8-9,11H2,(H,23,24). The summed E-state index contributed by atoms with van der Waals surface area (Å²) in [6, 6.07) is 12.0. The van der Waals surface area contributed by atoms with Gasteiger partial charge in [0.1, 0.15) is 5.69 Å². The van der Waals surface area contributed by atoms with Gasteiger partial charge in [-0.1, -0.05) is 30.3 Å². The molecule has 0 saturated heterocycles. The second kappa shape index (κ2) is 7.43. The van der Waals surface area contributed by atoms with E-state index in [4.69, 9.17) is 0 Å². The molecule has 1 aliphatic rings. The molecule has 1 unspecified atom stereocenters. The molecule has 0 aromatic heterocycles. The van der Waals surface area contributed by atoms with Crippen LogP contribution in [0.2, 0.25) is 0 Å². The van der Waals surface area contributed by atoms with E-state index in [1.165, 1.54) is 6.07 Å². The second-order valence-corrected chi connectivity index (χ2v) is 6.44. The van der Waals surface area contributed by atoms with Crippen LogP contribution in [0.3, 0.4) is 0 Å². The first-order valence-electron chi connectivity index (χ1n) is 8.37. The molecule has 2 N–H and O–H groups in total. The predicted molar refractivity (Wildman–Crippen MR) is 100 cm³/mol. The van der Waals surface area contributed by atoms with E-state index in [1.807, 2.05) is 0 Å². The van der Waals surface area contributed by atoms with Gasteiger partial charge in [0.05, 0.1) is 21.3 Å². The van der Waals surface area contributed by atoms with Crippen LogP contribution in [0.15, 0.2) is 53.6 Å². The van der Waals surface area contributed by atoms with E-state index in [9.17, 15) is 30.1 Å². The van der Waals surface area contributed by atoms with Gasteiger partial charge in [0.25, 0.3) is 5.69 Å². The molecule has 10 nitrogen and oxygen atoms in total. The molecule has 2 aromatic rings. The van der Waals surface area contributed by atoms with Gasteiger partial charge in [0, 0.05) is 18.2 Å². The number of hydrazone groups is 1. The number of rotatable bonds is 6. The average Bonchev–Trinajstić information content (AvgIpc) is 3.12. The zero-order valence-corrected chi connectivity index (χ0v) is 14.6. The van der Waals surface area contributed by atoms with Gasteiger partial charge in [-0.05, 0) is 24.5 Å². The summed E-state index contributed by atoms with van der Waals surface area (Å²) in [6.07, 6.45) is 0.935. The van der Waals surface area contributed by atoms with Crippen molar-refractivity contribution in [3.8, 4) is 0 Å². The summed E-state index contributed by atoms with van der Waals surface area (Å²) in [4.78, 5) is 32.5. The summed E-state index contributed by atoms with van der Waals surface area (Å²) < 4.78 is 0. The van der Waals surface area contributed by atoms with E-state index < -0.39 is 32.6 Å². The number of carboxylic acid groups (broad SMARTS) is 1. The third-order valence-corrected chi connectivity index (χ3v) is 4.81. The van der Waals surface area contributed by atoms with Crippen LogP contribution in [0.25, 0.3) is 0 Å². The lowest BCUT2D eigenvalue weighted by atomic mass is 9.79. The van der Waals surface area contributed by atoms with Crippen molar-refractivity contribution in [3.05, 3.63) is 74.3 Å². The van der Waals surface area contributed by atoms with E-state index in [-0.39, 0.29) is 12.1 Å². The van der Waals surface area contributed by atoms with Crippen molar-refractivity contribution in [2.24, 2.45) is 5.10 Å². The lowest BCUT2D eigenvalue weighted by Gasteiger charge is -2.23. The maximum Gasteiger partial charge on any atom is 0.314 e. The molecule has 0 bridgehead atoms. The van der Waals surface area contributed by atoms with Gasteiger partial charge in [-0.2, -0.15) is 5.10 Å². The molecule has 1 saturated carbocycles. The maximum absolute atomic E-state index is 12.0. The molecule has 144 valence electrons. The van der Waals surface area contributed by atoms with Crippen LogP contribution >= 0.6 is 0 Å². The first-order valence-corrected chi connectivity index (χ1v) is 8.37. The number of carbonyl (C=O) groups is 1. The lowest BCUT2D eigenvalue weighted by molar-refractivity contribution is -0.393. The molecule has 3 rings (SSSR count). The fourth-order valence-electron chi connectivity index (χ4n) is 3.31. The van der Waals surface area contributed by atoms with E-state index in [2.05, 4.69) is 10.5 Å². The summed E-state index contributed by atoms with van der Waals surface area (Å²) in [5, 5.41) is 35.9. The molecule has 1 fully saturated rings. The number of hydrogen-bond acceptors (Lipinski definition) is 7. The summed E-state index contributed by atoms with van der Waals surface area (Å²) in [5.74, 6) is -0.954. The Morgan fingerprint density at radius 2 is 1.82 bits per heavy atom. The van der Waals surface area contributed by atoms with Crippen molar-refractivity contribution in [1.82, 2.24) is 0 Å². The fraction of sp³-hybridized carbons (Fsp3) is 0.222. The topological polar surface area (TPSA) is 148 Å². The van der Waals surface area contributed by atoms with Gasteiger partial charge >= 0.3 is 11.7 Å². The molecular weight excluding hydrogens is 368 g/mol. The Bertz CT molecular complexity index is 975. The molecule has 0 aliphatic heterocycles. The number of anilines is 1. The zero-order chi connectivity index (χ0) is 20.3. The largest absolute Gasteiger partial charge is 0.481 e. The fourth-order valence-corrected chi connectivity index (χ4v) is 3.31. The van der Waals surface area contributed by atoms with Crippen molar-refractivity contribution in [1.29, 1.82) is 0 Å². The van der Waals surface area contributed by atoms with Gasteiger partial charge < -0.3 is 5.11 Å². The number of nitrogens with zero attached hydrogens (tertiary/aromatic N) is 3. The van der Waals surface area contributed by atoms with Crippen LogP contribution in [0.5, 0.6) is 0 Å². The molecule has 0 radical (unpaired) electrons. The second-order valence-electron chi connectivity index (χ2n) is 6.44. The first kappa shape index (κ1) is 19.0. The molecular formula is C18H16N4O6. The van der Waals surface area contributed by atoms with E-state index in [1.54, 1.807) is 30.3 Å². The van der Waals surface area contributed by atoms with Crippen LogP contribution in [-0.4, -0.2) is 26.6 Å². The molecule has 2 aromatic carbocycles. The number of nitro benzene ring substituents is 2. The van der Waals surface area contributed by atoms with Gasteiger partial charge in [0.15, 0.2) is 0 Å². The Morgan fingerprint density at radius 1 is 1.11 bits per heavy atom. The Morgan fingerprint density at radius 3 is 2.43 bits per heavy atom. The van der Waals surface area contributed by atoms with Crippen LogP contribution in [0.4, 0.5) is 17.1 Å². The van der Waals surface area contributed by atoms with Crippen LogP contribution in [0, 0.1) is 20.2 Å². The molecule has 28 heavy (non-hydrogen) atoms. The van der Waals surface area contributed by atoms with Gasteiger partial charge in [-0.3, -0.25) is 30.4 Å². The molecule has 0 spiro atoms. The number of nitro groups is 2. The summed E-state index contributed by atoms with van der Waals surface area (Å²) >= 11 is 0. The Labute approximate surface area is 158 Å². The van der Waals surface area contributed by atoms with Crippen LogP contribution < -0.4 is 5.43 Å². The highest BCUT2D eigenvalue weighted by atomic mass is 16.6. The number of non-ortho nitro benzene ring substituents is 1. The van der Waals surface area contributed by atoms with Crippen molar-refractivity contribution >= 4 is 28.7 Å². The maximum atomic E-state index is 12.0. The van der Waals surface area contributed by atoms with Crippen molar-refractivity contribution in [2.75, 3.05) is 5.43 Å². The minimum atomic E-state index is -1.09. The monoisotopic (exact) mass is 384 g/mol. The van der Waals surface area contributed by atoms with Crippen molar-refractivity contribution < 1.29 is 19.7 Å². The summed E-state index contributed by atoms with van der Waals surface area (Å²) in [6.45, 7) is 0. The van der Waals surface area contributed by atoms with Crippen molar-refractivity contribution in [3.63, 3.8) is 0 Å². The van der Waals surface area contributed by atoms with Crippen LogP contribution in [0.1, 0.15) is 24.8 Å². The Kier molecular flexibility index (Phi) is 5.03. The number of nitrogens with one attached hydrogen (secondary N) is 1. The Hall–Kier alpha value is -3.82. The summed E-state index contributed by atoms with van der Waals surface area (Å²) in [5.41, 5.74) is 1.81. The number of benzene rings is 2. The highest BCUT2D eigenvalue weighted by Gasteiger charge is 2.45. The van der Waals surface area contributed by atoms with E-state index in [0.29, 0.717) is 24.1 Å². The van der Waals surface area contributed by atoms with Gasteiger partial charge in [-0.15, -0.1) is 0 Å². The van der Waals surface area contributed by atoms with Gasteiger partial charge in [-0.25, -0.2) is 0 Å². The smallest absolute Gasteiger partial charge is 0.314 e. The first-order chi connectivity index (χ1) is 13.3. The molecule has 10 heteroatoms. The summed E-state index contributed by atoms with van der Waals surface area (Å²) in [7, 11) is 0. The highest BCUT2D eigenvalue weighted by molar-refractivity contribution is 5.97. The SMILES string of the molecule is O=C(O)C1(c2ccccc2)CCC(=NNc2ccc([N+](=O)[O-])cc2[N+](=O)[O-])C1. The third kappa shape index (κ3) is 3.52. The van der Waals surface area contributed by atoms with Crippen molar-refractivity contribution in [2.45, 2.75) is 24.7 Å². The highest BCUT2D eigenvalue weighted by Crippen LogP contribution is 2.40. The Balaban J connectivity index is 1.86. The zero-order valence-electron chi connectivity index (χ0n) is 14.6. The van der Waals surface area contributed by atoms with E-state index in [0.717, 1.165) is 12.1 Å². The van der Waals surface area contributed by atoms with Crippen LogP contribution in [-0.2, 0) is 10.2 Å². The number of aliphatic carboxylic acids is 1. The minimum absolute atomic E-state index is 0.00404. The van der Waals surface area contributed by atoms with E-state index >= 15 is 0 Å². The normalized spacial score (nSPS) is 20.1. The number of hydrogen-bond donors (Lipinski definition) is 2. The molecule has 1 atom stereocenters. The predicted octanol–water partition coefficient (Wildman–Crippen LogP) is 3.48. The molecule has 1 aliphatic carbocycles. The molecule has 0 amide bonds.